The van der Waals surface area contributed by atoms with Crippen LogP contribution < -0.4 is 10.9 Å². The van der Waals surface area contributed by atoms with Crippen molar-refractivity contribution < 1.29 is 22.7 Å². The van der Waals surface area contributed by atoms with Gasteiger partial charge in [-0.15, -0.1) is 0 Å². The van der Waals surface area contributed by atoms with Crippen molar-refractivity contribution in [3.05, 3.63) is 46.2 Å². The van der Waals surface area contributed by atoms with E-state index in [1.807, 2.05) is 38.1 Å². The van der Waals surface area contributed by atoms with Crippen molar-refractivity contribution >= 4 is 32.7 Å². The summed E-state index contributed by atoms with van der Waals surface area (Å²) in [5.74, 6) is -0.255. The van der Waals surface area contributed by atoms with Gasteiger partial charge in [0.15, 0.2) is 9.84 Å². The van der Waals surface area contributed by atoms with Crippen LogP contribution in [0.2, 0.25) is 0 Å². The van der Waals surface area contributed by atoms with E-state index in [4.69, 9.17) is 4.74 Å². The van der Waals surface area contributed by atoms with Crippen LogP contribution in [0, 0.1) is 0 Å². The first kappa shape index (κ1) is 27.6. The highest BCUT2D eigenvalue weighted by Crippen LogP contribution is 2.36. The number of amides is 2. The quantitative estimate of drug-likeness (QED) is 0.555. The number of methoxy groups -OCH3 is 1. The maximum absolute atomic E-state index is 13.3. The van der Waals surface area contributed by atoms with Crippen molar-refractivity contribution in [1.82, 2.24) is 19.7 Å². The summed E-state index contributed by atoms with van der Waals surface area (Å²) in [7, 11) is -1.80. The minimum absolute atomic E-state index is 0.0175. The lowest BCUT2D eigenvalue weighted by Crippen LogP contribution is -2.53. The van der Waals surface area contributed by atoms with Crippen molar-refractivity contribution in [2.24, 2.45) is 0 Å². The van der Waals surface area contributed by atoms with Gasteiger partial charge in [-0.1, -0.05) is 18.2 Å². The molecule has 0 radical (unpaired) electrons. The van der Waals surface area contributed by atoms with E-state index in [1.165, 1.54) is 7.11 Å². The average Bonchev–Trinajstić information content (AvgIpc) is 3.37. The van der Waals surface area contributed by atoms with Gasteiger partial charge in [0.2, 0.25) is 0 Å². The molecule has 39 heavy (non-hydrogen) atoms. The van der Waals surface area contributed by atoms with Gasteiger partial charge in [0.25, 0.3) is 11.5 Å². The van der Waals surface area contributed by atoms with E-state index in [0.717, 1.165) is 36.6 Å². The molecule has 3 aliphatic heterocycles. The summed E-state index contributed by atoms with van der Waals surface area (Å²) < 4.78 is 30.6. The van der Waals surface area contributed by atoms with Crippen molar-refractivity contribution in [1.29, 1.82) is 0 Å². The second kappa shape index (κ2) is 10.9. The third-order valence-corrected chi connectivity index (χ3v) is 10.3. The number of nitrogens with zero attached hydrogens (tertiary/aromatic N) is 3. The molecular formula is C28H38N4O6S. The van der Waals surface area contributed by atoms with Crippen LogP contribution in [0.25, 0.3) is 10.9 Å². The van der Waals surface area contributed by atoms with E-state index in [2.05, 4.69) is 10.2 Å². The molecule has 10 nitrogen and oxygen atoms in total. The first-order chi connectivity index (χ1) is 18.6. The lowest BCUT2D eigenvalue weighted by molar-refractivity contribution is 0.0718. The third-order valence-electron chi connectivity index (χ3n) is 8.58. The Morgan fingerprint density at radius 2 is 1.82 bits per heavy atom. The highest BCUT2D eigenvalue weighted by molar-refractivity contribution is 7.91. The summed E-state index contributed by atoms with van der Waals surface area (Å²) in [6.07, 6.45) is 3.49. The molecule has 0 spiro atoms. The molecule has 1 aromatic carbocycles. The lowest BCUT2D eigenvalue weighted by Gasteiger charge is -2.40. The van der Waals surface area contributed by atoms with Crippen LogP contribution in [0.3, 0.4) is 0 Å². The summed E-state index contributed by atoms with van der Waals surface area (Å²) in [5.41, 5.74) is 0.701. The van der Waals surface area contributed by atoms with Gasteiger partial charge >= 0.3 is 6.09 Å². The molecule has 2 amide bonds. The smallest absolute Gasteiger partial charge is 0.409 e. The number of benzene rings is 1. The molecule has 3 aliphatic rings. The first-order valence-corrected chi connectivity index (χ1v) is 15.7. The van der Waals surface area contributed by atoms with Crippen LogP contribution in [0.4, 0.5) is 4.79 Å². The predicted molar refractivity (Wildman–Crippen MR) is 149 cm³/mol. The molecule has 212 valence electrons. The zero-order valence-corrected chi connectivity index (χ0v) is 23.7. The molecule has 3 fully saturated rings. The number of pyridine rings is 1. The number of aromatic nitrogens is 1. The molecule has 3 saturated heterocycles. The molecule has 0 saturated carbocycles. The Morgan fingerprint density at radius 3 is 2.44 bits per heavy atom. The van der Waals surface area contributed by atoms with E-state index >= 15 is 0 Å². The zero-order valence-electron chi connectivity index (χ0n) is 22.8. The fourth-order valence-electron chi connectivity index (χ4n) is 6.77. The Balaban J connectivity index is 1.25. The summed E-state index contributed by atoms with van der Waals surface area (Å²) in [6, 6.07) is 9.34. The van der Waals surface area contributed by atoms with Gasteiger partial charge in [-0.05, 0) is 63.5 Å². The van der Waals surface area contributed by atoms with Gasteiger partial charge in [-0.3, -0.25) is 14.5 Å². The molecular weight excluding hydrogens is 520 g/mol. The summed E-state index contributed by atoms with van der Waals surface area (Å²) in [6.45, 7) is 4.92. The molecule has 0 unspecified atom stereocenters. The van der Waals surface area contributed by atoms with E-state index in [0.29, 0.717) is 19.5 Å². The SMILES string of the molecule is COC(=O)N(CCN1[C@@H]2CC[C@H]1C[C@H](NC(=O)c1cc3ccccc3n(C(C)C)c1=O)C2)[C@H]1CCS(=O)(=O)C1. The fraction of sp³-hybridized carbons (Fsp3) is 0.607. The Kier molecular flexibility index (Phi) is 7.74. The second-order valence-corrected chi connectivity index (χ2v) is 13.6. The summed E-state index contributed by atoms with van der Waals surface area (Å²) in [4.78, 5) is 43.1. The molecule has 11 heteroatoms. The average molecular weight is 559 g/mol. The van der Waals surface area contributed by atoms with E-state index < -0.39 is 15.9 Å². The molecule has 4 heterocycles. The number of nitrogens with one attached hydrogen (secondary N) is 1. The Labute approximate surface area is 229 Å². The monoisotopic (exact) mass is 558 g/mol. The topological polar surface area (TPSA) is 118 Å². The van der Waals surface area contributed by atoms with Crippen molar-refractivity contribution in [2.45, 2.75) is 76.2 Å². The first-order valence-electron chi connectivity index (χ1n) is 13.8. The minimum atomic E-state index is -3.13. The second-order valence-electron chi connectivity index (χ2n) is 11.4. The minimum Gasteiger partial charge on any atom is -0.453 e. The van der Waals surface area contributed by atoms with Crippen LogP contribution >= 0.6 is 0 Å². The number of hydrogen-bond donors (Lipinski definition) is 1. The normalized spacial score (nSPS) is 26.2. The number of carbonyl (C=O) groups excluding carboxylic acids is 2. The largest absolute Gasteiger partial charge is 0.453 e. The lowest BCUT2D eigenvalue weighted by atomic mass is 9.96. The number of ether oxygens (including phenoxy) is 1. The molecule has 2 aromatic rings. The van der Waals surface area contributed by atoms with Crippen LogP contribution in [-0.2, 0) is 14.6 Å². The van der Waals surface area contributed by atoms with Gasteiger partial charge < -0.3 is 19.5 Å². The molecule has 2 bridgehead atoms. The number of hydrogen-bond acceptors (Lipinski definition) is 7. The number of piperidine rings is 1. The van der Waals surface area contributed by atoms with Gasteiger partial charge in [0.1, 0.15) is 5.56 Å². The summed E-state index contributed by atoms with van der Waals surface area (Å²) in [5, 5.41) is 4.00. The number of carbonyl (C=O) groups is 2. The van der Waals surface area contributed by atoms with Crippen molar-refractivity contribution in [3.8, 4) is 0 Å². The Hall–Kier alpha value is -2.92. The summed E-state index contributed by atoms with van der Waals surface area (Å²) >= 11 is 0. The Bertz CT molecular complexity index is 1410. The predicted octanol–water partition coefficient (Wildman–Crippen LogP) is 2.56. The number of sulfone groups is 1. The molecule has 4 atom stereocenters. The highest BCUT2D eigenvalue weighted by atomic mass is 32.2. The van der Waals surface area contributed by atoms with Crippen LogP contribution in [0.15, 0.2) is 35.1 Å². The molecule has 1 aromatic heterocycles. The standard InChI is InChI=1S/C28H38N4O6S/c1-18(2)32-25-7-5-4-6-19(25)14-24(27(32)34)26(33)29-20-15-21-8-9-22(16-20)30(21)11-12-31(28(35)38-3)23-10-13-39(36,37)17-23/h4-7,14,18,20-23H,8-13,15-17H2,1-3H3,(H,29,33)/t20-,21-,22+,23-/m0/s1. The maximum atomic E-state index is 13.3. The number of para-hydroxylation sites is 1. The number of fused-ring (bicyclic) bond motifs is 3. The van der Waals surface area contributed by atoms with Crippen molar-refractivity contribution in [2.75, 3.05) is 31.7 Å². The molecule has 1 N–H and O–H groups in total. The molecule has 0 aliphatic carbocycles. The van der Waals surface area contributed by atoms with Crippen molar-refractivity contribution in [3.63, 3.8) is 0 Å². The highest BCUT2D eigenvalue weighted by Gasteiger charge is 2.42. The van der Waals surface area contributed by atoms with Crippen LogP contribution in [0.1, 0.15) is 62.4 Å². The number of rotatable bonds is 7. The zero-order chi connectivity index (χ0) is 27.9. The van der Waals surface area contributed by atoms with Gasteiger partial charge in [-0.2, -0.15) is 0 Å². The fourth-order valence-corrected chi connectivity index (χ4v) is 8.50. The third kappa shape index (κ3) is 5.56. The van der Waals surface area contributed by atoms with Crippen LogP contribution in [-0.4, -0.2) is 90.7 Å². The van der Waals surface area contributed by atoms with E-state index in [-0.39, 0.29) is 58.7 Å². The Morgan fingerprint density at radius 1 is 1.13 bits per heavy atom. The maximum Gasteiger partial charge on any atom is 0.409 e. The van der Waals surface area contributed by atoms with Crippen LogP contribution in [0.5, 0.6) is 0 Å². The van der Waals surface area contributed by atoms with Gasteiger partial charge in [0.05, 0.1) is 30.2 Å². The van der Waals surface area contributed by atoms with E-state index in [1.54, 1.807) is 15.5 Å². The van der Waals surface area contributed by atoms with E-state index in [9.17, 15) is 22.8 Å². The van der Waals surface area contributed by atoms with Gasteiger partial charge in [-0.25, -0.2) is 13.2 Å². The van der Waals surface area contributed by atoms with Gasteiger partial charge in [0, 0.05) is 37.3 Å². The molecule has 5 rings (SSSR count).